The summed E-state index contributed by atoms with van der Waals surface area (Å²) >= 11 is 0. The number of likely N-dealkylation sites (N-methyl/N-ethyl adjacent to an activating group) is 1. The first kappa shape index (κ1) is 14.0. The summed E-state index contributed by atoms with van der Waals surface area (Å²) in [5.41, 5.74) is 1.19. The van der Waals surface area contributed by atoms with Gasteiger partial charge in [-0.2, -0.15) is 0 Å². The molecule has 0 amide bonds. The summed E-state index contributed by atoms with van der Waals surface area (Å²) < 4.78 is 9.57. The van der Waals surface area contributed by atoms with Crippen LogP contribution in [0.1, 0.15) is 6.42 Å². The van der Waals surface area contributed by atoms with Gasteiger partial charge < -0.3 is 19.2 Å². The number of nitrogens with zero attached hydrogens (tertiary/aromatic N) is 1. The van der Waals surface area contributed by atoms with E-state index in [2.05, 4.69) is 22.8 Å². The van der Waals surface area contributed by atoms with Gasteiger partial charge in [-0.05, 0) is 12.1 Å². The number of hydrogen-bond acceptors (Lipinski definition) is 5. The molecule has 1 heterocycles. The molecule has 0 radical (unpaired) electrons. The van der Waals surface area contributed by atoms with Gasteiger partial charge in [0.1, 0.15) is 25.1 Å². The van der Waals surface area contributed by atoms with Crippen LogP contribution < -0.4 is 9.64 Å². The highest BCUT2D eigenvalue weighted by Gasteiger charge is 2.12. The Balaban J connectivity index is 0.000000203. The van der Waals surface area contributed by atoms with E-state index in [0.717, 1.165) is 18.9 Å². The Bertz CT molecular complexity index is 406. The predicted octanol–water partition coefficient (Wildman–Crippen LogP) is 1.26. The first-order valence-corrected chi connectivity index (χ1v) is 5.62. The zero-order chi connectivity index (χ0) is 13.4. The number of carbonyl (C=O) groups is 2. The molecule has 0 N–H and O–H groups in total. The standard InChI is InChI=1S/C9H11NO.C4H6O3/c1-10-6-7-11-9-5-3-2-4-8(9)10;1-7-4(6)2-3-5/h2-5H,6-7H2,1H3;3H,2H2,1H3. The van der Waals surface area contributed by atoms with Crippen molar-refractivity contribution in [3.05, 3.63) is 24.3 Å². The van der Waals surface area contributed by atoms with Crippen LogP contribution in [0, 0.1) is 0 Å². The lowest BCUT2D eigenvalue weighted by Gasteiger charge is -2.27. The predicted molar refractivity (Wildman–Crippen MR) is 67.9 cm³/mol. The van der Waals surface area contributed by atoms with E-state index >= 15 is 0 Å². The normalized spacial score (nSPS) is 12.4. The summed E-state index contributed by atoms with van der Waals surface area (Å²) in [7, 11) is 3.33. The molecule has 1 aromatic rings. The highest BCUT2D eigenvalue weighted by molar-refractivity contribution is 5.83. The summed E-state index contributed by atoms with van der Waals surface area (Å²) in [6.45, 7) is 1.78. The molecule has 5 heteroatoms. The fourth-order valence-corrected chi connectivity index (χ4v) is 1.46. The number of rotatable bonds is 2. The maximum absolute atomic E-state index is 9.96. The van der Waals surface area contributed by atoms with Crippen molar-refractivity contribution in [2.75, 3.05) is 32.2 Å². The highest BCUT2D eigenvalue weighted by atomic mass is 16.5. The van der Waals surface area contributed by atoms with Crippen molar-refractivity contribution in [2.24, 2.45) is 0 Å². The molecule has 0 aromatic heterocycles. The summed E-state index contributed by atoms with van der Waals surface area (Å²) in [4.78, 5) is 21.6. The van der Waals surface area contributed by atoms with Gasteiger partial charge in [0.2, 0.25) is 0 Å². The van der Waals surface area contributed by atoms with E-state index in [0.29, 0.717) is 6.29 Å². The maximum Gasteiger partial charge on any atom is 0.312 e. The Labute approximate surface area is 106 Å². The number of anilines is 1. The molecular weight excluding hydrogens is 234 g/mol. The second-order valence-electron chi connectivity index (χ2n) is 3.68. The maximum atomic E-state index is 9.96. The minimum absolute atomic E-state index is 0.142. The van der Waals surface area contributed by atoms with Crippen molar-refractivity contribution in [2.45, 2.75) is 6.42 Å². The number of esters is 1. The molecule has 0 atom stereocenters. The second kappa shape index (κ2) is 7.32. The molecule has 18 heavy (non-hydrogen) atoms. The molecule has 2 rings (SSSR count). The number of aldehydes is 1. The largest absolute Gasteiger partial charge is 0.490 e. The van der Waals surface area contributed by atoms with E-state index in [1.165, 1.54) is 12.8 Å². The van der Waals surface area contributed by atoms with E-state index in [1.807, 2.05) is 18.2 Å². The minimum atomic E-state index is -0.491. The molecule has 0 spiro atoms. The molecule has 0 saturated carbocycles. The first-order chi connectivity index (χ1) is 8.69. The number of fused-ring (bicyclic) bond motifs is 1. The van der Waals surface area contributed by atoms with E-state index in [1.54, 1.807) is 0 Å². The second-order valence-corrected chi connectivity index (χ2v) is 3.68. The molecule has 1 aliphatic heterocycles. The van der Waals surface area contributed by atoms with Crippen LogP contribution in [-0.2, 0) is 14.3 Å². The van der Waals surface area contributed by atoms with Crippen LogP contribution in [0.25, 0.3) is 0 Å². The third-order valence-corrected chi connectivity index (χ3v) is 2.44. The fraction of sp³-hybridized carbons (Fsp3) is 0.385. The lowest BCUT2D eigenvalue weighted by Crippen LogP contribution is -2.28. The summed E-state index contributed by atoms with van der Waals surface area (Å²) in [5, 5.41) is 0. The van der Waals surface area contributed by atoms with Gasteiger partial charge in [-0.25, -0.2) is 0 Å². The summed E-state index contributed by atoms with van der Waals surface area (Å²) in [6.07, 6.45) is 0.363. The lowest BCUT2D eigenvalue weighted by atomic mass is 10.2. The van der Waals surface area contributed by atoms with Crippen molar-refractivity contribution in [1.29, 1.82) is 0 Å². The van der Waals surface area contributed by atoms with Crippen molar-refractivity contribution in [1.82, 2.24) is 0 Å². The molecule has 1 aliphatic rings. The van der Waals surface area contributed by atoms with E-state index < -0.39 is 5.97 Å². The Morgan fingerprint density at radius 2 is 2.22 bits per heavy atom. The topological polar surface area (TPSA) is 55.8 Å². The molecule has 0 bridgehead atoms. The quantitative estimate of drug-likeness (QED) is 0.450. The third kappa shape index (κ3) is 4.08. The van der Waals surface area contributed by atoms with Crippen LogP contribution >= 0.6 is 0 Å². The number of ether oxygens (including phenoxy) is 2. The van der Waals surface area contributed by atoms with Gasteiger partial charge in [0, 0.05) is 7.05 Å². The molecule has 0 aliphatic carbocycles. The number of carbonyl (C=O) groups excluding carboxylic acids is 2. The van der Waals surface area contributed by atoms with Gasteiger partial charge >= 0.3 is 5.97 Å². The summed E-state index contributed by atoms with van der Waals surface area (Å²) in [6, 6.07) is 8.11. The summed E-state index contributed by atoms with van der Waals surface area (Å²) in [5.74, 6) is 0.510. The van der Waals surface area contributed by atoms with Gasteiger partial charge in [0.05, 0.1) is 19.3 Å². The lowest BCUT2D eigenvalue weighted by molar-refractivity contribution is -0.141. The zero-order valence-corrected chi connectivity index (χ0v) is 10.6. The first-order valence-electron chi connectivity index (χ1n) is 5.62. The fourth-order valence-electron chi connectivity index (χ4n) is 1.46. The van der Waals surface area contributed by atoms with Crippen molar-refractivity contribution < 1.29 is 19.1 Å². The Morgan fingerprint density at radius 1 is 1.50 bits per heavy atom. The van der Waals surface area contributed by atoms with Crippen molar-refractivity contribution in [3.8, 4) is 5.75 Å². The van der Waals surface area contributed by atoms with Gasteiger partial charge in [0.25, 0.3) is 0 Å². The Hall–Kier alpha value is -2.04. The molecule has 0 saturated heterocycles. The van der Waals surface area contributed by atoms with Crippen molar-refractivity contribution >= 4 is 17.9 Å². The van der Waals surface area contributed by atoms with Crippen LogP contribution in [0.4, 0.5) is 5.69 Å². The van der Waals surface area contributed by atoms with Crippen molar-refractivity contribution in [3.63, 3.8) is 0 Å². The third-order valence-electron chi connectivity index (χ3n) is 2.44. The molecule has 1 aromatic carbocycles. The molecule has 0 unspecified atom stereocenters. The van der Waals surface area contributed by atoms with Crippen LogP contribution in [0.5, 0.6) is 5.75 Å². The van der Waals surface area contributed by atoms with Gasteiger partial charge in [0.15, 0.2) is 0 Å². The van der Waals surface area contributed by atoms with Crippen LogP contribution in [0.2, 0.25) is 0 Å². The van der Waals surface area contributed by atoms with E-state index in [4.69, 9.17) is 4.74 Å². The van der Waals surface area contributed by atoms with Crippen LogP contribution in [-0.4, -0.2) is 39.6 Å². The smallest absolute Gasteiger partial charge is 0.312 e. The molecule has 98 valence electrons. The number of benzene rings is 1. The average molecular weight is 251 g/mol. The van der Waals surface area contributed by atoms with Crippen LogP contribution in [0.3, 0.4) is 0 Å². The van der Waals surface area contributed by atoms with Gasteiger partial charge in [-0.15, -0.1) is 0 Å². The average Bonchev–Trinajstić information content (AvgIpc) is 2.40. The molecule has 5 nitrogen and oxygen atoms in total. The molecule has 0 fully saturated rings. The van der Waals surface area contributed by atoms with E-state index in [9.17, 15) is 9.59 Å². The SMILES string of the molecule is CN1CCOc2ccccc21.COC(=O)CC=O. The number of methoxy groups -OCH3 is 1. The highest BCUT2D eigenvalue weighted by Crippen LogP contribution is 2.29. The minimum Gasteiger partial charge on any atom is -0.490 e. The van der Waals surface area contributed by atoms with Gasteiger partial charge in [-0.3, -0.25) is 4.79 Å². The van der Waals surface area contributed by atoms with Gasteiger partial charge in [-0.1, -0.05) is 12.1 Å². The zero-order valence-electron chi connectivity index (χ0n) is 10.6. The van der Waals surface area contributed by atoms with E-state index in [-0.39, 0.29) is 6.42 Å². The number of hydrogen-bond donors (Lipinski definition) is 0. The number of para-hydroxylation sites is 2. The van der Waals surface area contributed by atoms with Crippen LogP contribution in [0.15, 0.2) is 24.3 Å². The molecular formula is C13H17NO4. The monoisotopic (exact) mass is 251 g/mol. The Morgan fingerprint density at radius 3 is 2.78 bits per heavy atom. The Kier molecular flexibility index (Phi) is 5.70.